The zero-order chi connectivity index (χ0) is 10.4. The smallest absolute Gasteiger partial charge is 0.255 e. The van der Waals surface area contributed by atoms with Gasteiger partial charge in [0.25, 0.3) is 6.43 Å². The van der Waals surface area contributed by atoms with E-state index in [1.165, 1.54) is 0 Å². The Morgan fingerprint density at radius 2 is 1.93 bits per heavy atom. The quantitative estimate of drug-likeness (QED) is 0.758. The van der Waals surface area contributed by atoms with Gasteiger partial charge in [-0.15, -0.1) is 0 Å². The summed E-state index contributed by atoms with van der Waals surface area (Å²) in [4.78, 5) is 0. The van der Waals surface area contributed by atoms with Gasteiger partial charge in [-0.3, -0.25) is 0 Å². The molecule has 0 amide bonds. The molecule has 0 aliphatic carbocycles. The van der Waals surface area contributed by atoms with Crippen LogP contribution < -0.4 is 10.6 Å². The number of hydrogen-bond donors (Lipinski definition) is 2. The minimum atomic E-state index is -2.40. The molecule has 5 heteroatoms. The van der Waals surface area contributed by atoms with Crippen molar-refractivity contribution in [3.05, 3.63) is 30.3 Å². The summed E-state index contributed by atoms with van der Waals surface area (Å²) in [5, 5.41) is 5.39. The van der Waals surface area contributed by atoms with Crippen LogP contribution in [0.4, 0.5) is 14.5 Å². The highest BCUT2D eigenvalue weighted by atomic mass is 32.1. The van der Waals surface area contributed by atoms with Crippen molar-refractivity contribution in [2.24, 2.45) is 0 Å². The van der Waals surface area contributed by atoms with Crippen molar-refractivity contribution < 1.29 is 8.78 Å². The molecule has 0 heterocycles. The molecule has 0 aliphatic rings. The Morgan fingerprint density at radius 1 is 1.29 bits per heavy atom. The molecule has 0 atom stereocenters. The fraction of sp³-hybridized carbons (Fsp3) is 0.222. The largest absolute Gasteiger partial charge is 0.357 e. The van der Waals surface area contributed by atoms with Gasteiger partial charge in [-0.25, -0.2) is 8.78 Å². The lowest BCUT2D eigenvalue weighted by Crippen LogP contribution is -2.32. The van der Waals surface area contributed by atoms with E-state index in [1.54, 1.807) is 12.1 Å². The van der Waals surface area contributed by atoms with Gasteiger partial charge >= 0.3 is 0 Å². The van der Waals surface area contributed by atoms with Crippen LogP contribution in [-0.2, 0) is 0 Å². The fourth-order valence-electron chi connectivity index (χ4n) is 0.867. The summed E-state index contributed by atoms with van der Waals surface area (Å²) < 4.78 is 23.6. The van der Waals surface area contributed by atoms with Gasteiger partial charge in [0, 0.05) is 5.69 Å². The predicted molar refractivity (Wildman–Crippen MR) is 56.7 cm³/mol. The molecular formula is C9H10F2N2S. The Labute approximate surface area is 86.3 Å². The molecule has 0 radical (unpaired) electrons. The standard InChI is InChI=1S/C9H10F2N2S/c10-8(11)6-12-9(14)13-7-4-2-1-3-5-7/h1-5,8H,6H2,(H2,12,13,14). The lowest BCUT2D eigenvalue weighted by atomic mass is 10.3. The van der Waals surface area contributed by atoms with Crippen LogP contribution in [0.1, 0.15) is 0 Å². The lowest BCUT2D eigenvalue weighted by molar-refractivity contribution is 0.152. The van der Waals surface area contributed by atoms with E-state index in [9.17, 15) is 8.78 Å². The number of halogens is 2. The minimum Gasteiger partial charge on any atom is -0.357 e. The second-order valence-electron chi connectivity index (χ2n) is 2.59. The Hall–Kier alpha value is -1.23. The molecule has 2 N–H and O–H groups in total. The number of alkyl halides is 2. The van der Waals surface area contributed by atoms with E-state index >= 15 is 0 Å². The molecule has 1 rings (SSSR count). The third-order valence-electron chi connectivity index (χ3n) is 1.45. The normalized spacial score (nSPS) is 9.93. The lowest BCUT2D eigenvalue weighted by Gasteiger charge is -2.09. The highest BCUT2D eigenvalue weighted by Gasteiger charge is 2.02. The average Bonchev–Trinajstić information content (AvgIpc) is 2.16. The van der Waals surface area contributed by atoms with Crippen LogP contribution in [0.3, 0.4) is 0 Å². The van der Waals surface area contributed by atoms with Crippen molar-refractivity contribution in [1.82, 2.24) is 5.32 Å². The molecule has 0 aromatic heterocycles. The summed E-state index contributed by atoms with van der Waals surface area (Å²) in [6, 6.07) is 9.13. The number of thiocarbonyl (C=S) groups is 1. The van der Waals surface area contributed by atoms with Crippen LogP contribution in [0.2, 0.25) is 0 Å². The van der Waals surface area contributed by atoms with Crippen molar-refractivity contribution in [3.8, 4) is 0 Å². The zero-order valence-corrected chi connectivity index (χ0v) is 8.15. The number of hydrogen-bond acceptors (Lipinski definition) is 1. The molecular weight excluding hydrogens is 206 g/mol. The monoisotopic (exact) mass is 216 g/mol. The van der Waals surface area contributed by atoms with Gasteiger partial charge in [-0.2, -0.15) is 0 Å². The first-order chi connectivity index (χ1) is 6.68. The van der Waals surface area contributed by atoms with Gasteiger partial charge in [-0.05, 0) is 24.4 Å². The van der Waals surface area contributed by atoms with Crippen molar-refractivity contribution >= 4 is 23.0 Å². The van der Waals surface area contributed by atoms with Crippen LogP contribution in [0.25, 0.3) is 0 Å². The van der Waals surface area contributed by atoms with Crippen molar-refractivity contribution in [3.63, 3.8) is 0 Å². The van der Waals surface area contributed by atoms with Crippen LogP contribution in [0, 0.1) is 0 Å². The number of nitrogens with one attached hydrogen (secondary N) is 2. The average molecular weight is 216 g/mol. The first kappa shape index (κ1) is 10.8. The summed E-state index contributed by atoms with van der Waals surface area (Å²) in [6.45, 7) is -0.432. The second-order valence-corrected chi connectivity index (χ2v) is 3.00. The number of para-hydroxylation sites is 1. The van der Waals surface area contributed by atoms with Crippen LogP contribution >= 0.6 is 12.2 Å². The molecule has 0 unspecified atom stereocenters. The highest BCUT2D eigenvalue weighted by Crippen LogP contribution is 2.04. The highest BCUT2D eigenvalue weighted by molar-refractivity contribution is 7.80. The summed E-state index contributed by atoms with van der Waals surface area (Å²) in [6.07, 6.45) is -2.40. The predicted octanol–water partition coefficient (Wildman–Crippen LogP) is 2.24. The molecule has 14 heavy (non-hydrogen) atoms. The van der Waals surface area contributed by atoms with E-state index in [2.05, 4.69) is 10.6 Å². The Balaban J connectivity index is 2.35. The molecule has 0 saturated heterocycles. The summed E-state index contributed by atoms with van der Waals surface area (Å²) in [7, 11) is 0. The maximum Gasteiger partial charge on any atom is 0.255 e. The molecule has 1 aromatic carbocycles. The van der Waals surface area contributed by atoms with Gasteiger partial charge < -0.3 is 10.6 Å². The summed E-state index contributed by atoms with van der Waals surface area (Å²) >= 11 is 4.80. The van der Waals surface area contributed by atoms with Crippen LogP contribution in [0.5, 0.6) is 0 Å². The van der Waals surface area contributed by atoms with E-state index in [4.69, 9.17) is 12.2 Å². The SMILES string of the molecule is FC(F)CNC(=S)Nc1ccccc1. The fourth-order valence-corrected chi connectivity index (χ4v) is 1.07. The minimum absolute atomic E-state index is 0.205. The Morgan fingerprint density at radius 3 is 2.50 bits per heavy atom. The Bertz CT molecular complexity index is 290. The third kappa shape index (κ3) is 4.13. The molecule has 0 spiro atoms. The number of anilines is 1. The van der Waals surface area contributed by atoms with Gasteiger partial charge in [0.15, 0.2) is 5.11 Å². The van der Waals surface area contributed by atoms with Crippen molar-refractivity contribution in [2.75, 3.05) is 11.9 Å². The van der Waals surface area contributed by atoms with E-state index in [0.29, 0.717) is 0 Å². The van der Waals surface area contributed by atoms with Gasteiger partial charge in [0.05, 0.1) is 6.54 Å². The van der Waals surface area contributed by atoms with E-state index < -0.39 is 13.0 Å². The second kappa shape index (κ2) is 5.49. The van der Waals surface area contributed by atoms with E-state index in [0.717, 1.165) is 5.69 Å². The zero-order valence-electron chi connectivity index (χ0n) is 7.34. The van der Waals surface area contributed by atoms with Gasteiger partial charge in [0.2, 0.25) is 0 Å². The molecule has 0 saturated carbocycles. The molecule has 0 bridgehead atoms. The number of benzene rings is 1. The molecule has 76 valence electrons. The van der Waals surface area contributed by atoms with Crippen molar-refractivity contribution in [2.45, 2.75) is 6.43 Å². The first-order valence-electron chi connectivity index (χ1n) is 4.06. The molecule has 0 aliphatic heterocycles. The molecule has 0 fully saturated rings. The van der Waals surface area contributed by atoms with Gasteiger partial charge in [0.1, 0.15) is 0 Å². The number of rotatable bonds is 3. The van der Waals surface area contributed by atoms with Crippen molar-refractivity contribution in [1.29, 1.82) is 0 Å². The molecule has 1 aromatic rings. The molecule has 2 nitrogen and oxygen atoms in total. The summed E-state index contributed by atoms with van der Waals surface area (Å²) in [5.41, 5.74) is 0.777. The topological polar surface area (TPSA) is 24.1 Å². The summed E-state index contributed by atoms with van der Waals surface area (Å²) in [5.74, 6) is 0. The van der Waals surface area contributed by atoms with E-state index in [1.807, 2.05) is 18.2 Å². The Kier molecular flexibility index (Phi) is 4.25. The first-order valence-corrected chi connectivity index (χ1v) is 4.47. The van der Waals surface area contributed by atoms with Crippen LogP contribution in [0.15, 0.2) is 30.3 Å². The van der Waals surface area contributed by atoms with Crippen LogP contribution in [-0.4, -0.2) is 18.1 Å². The maximum atomic E-state index is 11.8. The van der Waals surface area contributed by atoms with E-state index in [-0.39, 0.29) is 5.11 Å². The van der Waals surface area contributed by atoms with Gasteiger partial charge in [-0.1, -0.05) is 18.2 Å². The third-order valence-corrected chi connectivity index (χ3v) is 1.69. The maximum absolute atomic E-state index is 11.8.